The number of benzene rings is 3. The predicted molar refractivity (Wildman–Crippen MR) is 120 cm³/mol. The molecule has 0 aliphatic rings. The van der Waals surface area contributed by atoms with Gasteiger partial charge in [0.15, 0.2) is 5.78 Å². The molecule has 0 aliphatic heterocycles. The highest BCUT2D eigenvalue weighted by Crippen LogP contribution is 2.23. The van der Waals surface area contributed by atoms with Gasteiger partial charge in [0.2, 0.25) is 0 Å². The second kappa shape index (κ2) is 10.7. The summed E-state index contributed by atoms with van der Waals surface area (Å²) >= 11 is 0. The Hall–Kier alpha value is -4.52. The Labute approximate surface area is 190 Å². The second-order valence-electron chi connectivity index (χ2n) is 6.81. The lowest BCUT2D eigenvalue weighted by atomic mass is 10.1. The smallest absolute Gasteiger partial charge is 0.343 e. The van der Waals surface area contributed by atoms with Crippen molar-refractivity contribution in [1.82, 2.24) is 0 Å². The molecule has 0 radical (unpaired) electrons. The van der Waals surface area contributed by atoms with Gasteiger partial charge in [-0.15, -0.1) is 0 Å². The Morgan fingerprint density at radius 1 is 0.727 bits per heavy atom. The highest BCUT2D eigenvalue weighted by atomic mass is 16.5. The zero-order chi connectivity index (χ0) is 23.8. The van der Waals surface area contributed by atoms with Crippen LogP contribution in [0.3, 0.4) is 0 Å². The molecule has 0 atom stereocenters. The summed E-state index contributed by atoms with van der Waals surface area (Å²) in [6.07, 6.45) is 2.58. The second-order valence-corrected chi connectivity index (χ2v) is 6.81. The molecule has 0 amide bonds. The number of methoxy groups -OCH3 is 1. The maximum absolute atomic E-state index is 12.4. The normalized spacial score (nSPS) is 10.5. The van der Waals surface area contributed by atoms with Gasteiger partial charge in [-0.25, -0.2) is 14.4 Å². The summed E-state index contributed by atoms with van der Waals surface area (Å²) in [4.78, 5) is 48.3. The van der Waals surface area contributed by atoms with Crippen molar-refractivity contribution in [2.45, 2.75) is 6.92 Å². The summed E-state index contributed by atoms with van der Waals surface area (Å²) in [5.41, 5.74) is 1.10. The molecule has 3 rings (SSSR count). The lowest BCUT2D eigenvalue weighted by molar-refractivity contribution is -0.128. The number of hydrogen-bond acceptors (Lipinski definition) is 7. The molecule has 0 bridgehead atoms. The summed E-state index contributed by atoms with van der Waals surface area (Å²) < 4.78 is 15.4. The summed E-state index contributed by atoms with van der Waals surface area (Å²) in [6, 6.07) is 19.3. The fourth-order valence-electron chi connectivity index (χ4n) is 2.88. The largest absolute Gasteiger partial charge is 0.465 e. The van der Waals surface area contributed by atoms with Gasteiger partial charge in [-0.3, -0.25) is 4.79 Å². The molecule has 0 aromatic heterocycles. The van der Waals surface area contributed by atoms with Gasteiger partial charge in [0.05, 0.1) is 23.8 Å². The van der Waals surface area contributed by atoms with Crippen LogP contribution in [0.5, 0.6) is 11.5 Å². The van der Waals surface area contributed by atoms with Gasteiger partial charge in [-0.2, -0.15) is 0 Å². The lowest BCUT2D eigenvalue weighted by Gasteiger charge is -2.09. The number of esters is 3. The van der Waals surface area contributed by atoms with Crippen molar-refractivity contribution in [2.75, 3.05) is 7.11 Å². The maximum Gasteiger partial charge on any atom is 0.343 e. The van der Waals surface area contributed by atoms with Crippen molar-refractivity contribution in [3.05, 3.63) is 101 Å². The molecule has 7 nitrogen and oxygen atoms in total. The Balaban J connectivity index is 1.76. The topological polar surface area (TPSA) is 96.0 Å². The molecule has 0 N–H and O–H groups in total. The van der Waals surface area contributed by atoms with E-state index in [2.05, 4.69) is 4.74 Å². The lowest BCUT2D eigenvalue weighted by Crippen LogP contribution is -2.10. The first-order valence-corrected chi connectivity index (χ1v) is 9.88. The average molecular weight is 444 g/mol. The van der Waals surface area contributed by atoms with Crippen LogP contribution < -0.4 is 9.47 Å². The van der Waals surface area contributed by atoms with Crippen molar-refractivity contribution in [3.63, 3.8) is 0 Å². The number of carbonyl (C=O) groups excluding carboxylic acids is 4. The van der Waals surface area contributed by atoms with E-state index >= 15 is 0 Å². The van der Waals surface area contributed by atoms with Crippen LogP contribution in [0.4, 0.5) is 0 Å². The number of para-hydroxylation sites is 1. The SMILES string of the molecule is COC(=O)c1ccc(OC(=O)/C=C/c2ccccc2OC(=O)c2ccccc2)c(C(C)=O)c1. The number of carbonyl (C=O) groups is 4. The van der Waals surface area contributed by atoms with E-state index in [1.807, 2.05) is 0 Å². The average Bonchev–Trinajstić information content (AvgIpc) is 2.83. The van der Waals surface area contributed by atoms with Crippen molar-refractivity contribution in [1.29, 1.82) is 0 Å². The standard InChI is InChI=1S/C26H20O7/c1-17(27)21-16-20(25(29)31-2)12-14-23(21)32-24(28)15-13-18-8-6-7-11-22(18)33-26(30)19-9-4-3-5-10-19/h3-16H,1-2H3/b15-13+. The first-order chi connectivity index (χ1) is 15.9. The van der Waals surface area contributed by atoms with E-state index in [4.69, 9.17) is 9.47 Å². The van der Waals surface area contributed by atoms with Crippen LogP contribution in [0.2, 0.25) is 0 Å². The Morgan fingerprint density at radius 3 is 2.12 bits per heavy atom. The van der Waals surface area contributed by atoms with Crippen molar-refractivity contribution < 1.29 is 33.4 Å². The Kier molecular flexibility index (Phi) is 7.49. The van der Waals surface area contributed by atoms with Crippen molar-refractivity contribution >= 4 is 29.8 Å². The van der Waals surface area contributed by atoms with Crippen LogP contribution in [-0.2, 0) is 9.53 Å². The molecular formula is C26H20O7. The number of Topliss-reactive ketones (excluding diaryl/α,β-unsaturated/α-hetero) is 1. The van der Waals surface area contributed by atoms with E-state index in [-0.39, 0.29) is 28.4 Å². The fourth-order valence-corrected chi connectivity index (χ4v) is 2.88. The van der Waals surface area contributed by atoms with E-state index in [1.54, 1.807) is 54.6 Å². The van der Waals surface area contributed by atoms with E-state index in [1.165, 1.54) is 38.3 Å². The van der Waals surface area contributed by atoms with E-state index in [9.17, 15) is 19.2 Å². The minimum atomic E-state index is -0.757. The summed E-state index contributed by atoms with van der Waals surface area (Å²) in [5, 5.41) is 0. The molecule has 0 saturated heterocycles. The van der Waals surface area contributed by atoms with E-state index in [0.717, 1.165) is 6.08 Å². The summed E-state index contributed by atoms with van der Waals surface area (Å²) in [5.74, 6) is -2.01. The van der Waals surface area contributed by atoms with Gasteiger partial charge in [0.25, 0.3) is 0 Å². The summed E-state index contributed by atoms with van der Waals surface area (Å²) in [6.45, 7) is 1.29. The van der Waals surface area contributed by atoms with Crippen LogP contribution in [0.15, 0.2) is 78.9 Å². The first kappa shape index (κ1) is 23.1. The van der Waals surface area contributed by atoms with Gasteiger partial charge in [0, 0.05) is 11.6 Å². The molecule has 33 heavy (non-hydrogen) atoms. The minimum Gasteiger partial charge on any atom is -0.465 e. The monoisotopic (exact) mass is 444 g/mol. The predicted octanol–water partition coefficient (Wildman–Crippen LogP) is 4.51. The van der Waals surface area contributed by atoms with Gasteiger partial charge in [-0.1, -0.05) is 36.4 Å². The number of ketones is 1. The quantitative estimate of drug-likeness (QED) is 0.229. The Morgan fingerprint density at radius 2 is 1.42 bits per heavy atom. The molecule has 0 heterocycles. The minimum absolute atomic E-state index is 0.00796. The molecule has 0 saturated carbocycles. The molecule has 0 spiro atoms. The van der Waals surface area contributed by atoms with E-state index in [0.29, 0.717) is 11.1 Å². The third kappa shape index (κ3) is 6.01. The van der Waals surface area contributed by atoms with Gasteiger partial charge in [0.1, 0.15) is 11.5 Å². The molecule has 0 unspecified atom stereocenters. The zero-order valence-corrected chi connectivity index (χ0v) is 17.9. The van der Waals surface area contributed by atoms with Gasteiger partial charge >= 0.3 is 17.9 Å². The highest BCUT2D eigenvalue weighted by Gasteiger charge is 2.16. The van der Waals surface area contributed by atoms with Gasteiger partial charge < -0.3 is 14.2 Å². The molecule has 0 fully saturated rings. The summed E-state index contributed by atoms with van der Waals surface area (Å²) in [7, 11) is 1.23. The third-order valence-electron chi connectivity index (χ3n) is 4.52. The van der Waals surface area contributed by atoms with Crippen LogP contribution in [0.1, 0.15) is 43.6 Å². The Bertz CT molecular complexity index is 1230. The molecule has 3 aromatic carbocycles. The molecule has 166 valence electrons. The van der Waals surface area contributed by atoms with Crippen LogP contribution in [0, 0.1) is 0 Å². The number of ether oxygens (including phenoxy) is 3. The molecule has 3 aromatic rings. The fraction of sp³-hybridized carbons (Fsp3) is 0.0769. The van der Waals surface area contributed by atoms with Crippen molar-refractivity contribution in [2.24, 2.45) is 0 Å². The molecule has 0 aliphatic carbocycles. The van der Waals surface area contributed by atoms with Gasteiger partial charge in [-0.05, 0) is 49.4 Å². The van der Waals surface area contributed by atoms with Crippen LogP contribution in [0.25, 0.3) is 6.08 Å². The molecule has 7 heteroatoms. The maximum atomic E-state index is 12.4. The van der Waals surface area contributed by atoms with E-state index < -0.39 is 17.9 Å². The zero-order valence-electron chi connectivity index (χ0n) is 17.9. The van der Waals surface area contributed by atoms with Crippen molar-refractivity contribution in [3.8, 4) is 11.5 Å². The number of hydrogen-bond donors (Lipinski definition) is 0. The third-order valence-corrected chi connectivity index (χ3v) is 4.52. The van der Waals surface area contributed by atoms with Crippen LogP contribution >= 0.6 is 0 Å². The highest BCUT2D eigenvalue weighted by molar-refractivity contribution is 6.01. The first-order valence-electron chi connectivity index (χ1n) is 9.88. The number of rotatable bonds is 7. The van der Waals surface area contributed by atoms with Crippen LogP contribution in [-0.4, -0.2) is 30.8 Å². The molecular weight excluding hydrogens is 424 g/mol.